The lowest BCUT2D eigenvalue weighted by Gasteiger charge is -2.20. The van der Waals surface area contributed by atoms with Crippen LogP contribution < -0.4 is 10.1 Å². The molecule has 0 aliphatic rings. The smallest absolute Gasteiger partial charge is 0.243 e. The highest BCUT2D eigenvalue weighted by molar-refractivity contribution is 7.89. The lowest BCUT2D eigenvalue weighted by Crippen LogP contribution is -2.37. The van der Waals surface area contributed by atoms with Crippen LogP contribution in [0.15, 0.2) is 53.4 Å². The number of sulfonamides is 1. The van der Waals surface area contributed by atoms with Crippen molar-refractivity contribution in [1.82, 2.24) is 4.31 Å². The summed E-state index contributed by atoms with van der Waals surface area (Å²) in [5.41, 5.74) is 0.909. The van der Waals surface area contributed by atoms with Crippen LogP contribution in [0.2, 0.25) is 0 Å². The van der Waals surface area contributed by atoms with Crippen LogP contribution in [-0.2, 0) is 14.8 Å². The largest absolute Gasteiger partial charge is 0.497 e. The molecule has 0 aliphatic heterocycles. The fraction of sp³-hybridized carbons (Fsp3) is 0.222. The summed E-state index contributed by atoms with van der Waals surface area (Å²) in [4.78, 5) is 12.3. The van der Waals surface area contributed by atoms with E-state index >= 15 is 0 Å². The van der Waals surface area contributed by atoms with Crippen LogP contribution in [0.3, 0.4) is 0 Å². The average molecular weight is 373 g/mol. The molecule has 1 N–H and O–H groups in total. The van der Waals surface area contributed by atoms with E-state index in [0.717, 1.165) is 4.31 Å². The zero-order valence-electron chi connectivity index (χ0n) is 14.5. The maximum atomic E-state index is 12.7. The first-order chi connectivity index (χ1) is 12.4. The third kappa shape index (κ3) is 4.59. The molecule has 7 nitrogen and oxygen atoms in total. The Kier molecular flexibility index (Phi) is 6.33. The van der Waals surface area contributed by atoms with E-state index in [1.54, 1.807) is 38.3 Å². The molecule has 2 aromatic rings. The Morgan fingerprint density at radius 3 is 2.27 bits per heavy atom. The third-order valence-corrected chi connectivity index (χ3v) is 5.60. The minimum Gasteiger partial charge on any atom is -0.497 e. The number of amides is 1. The quantitative estimate of drug-likeness (QED) is 0.802. The molecule has 2 aromatic carbocycles. The van der Waals surface area contributed by atoms with Crippen molar-refractivity contribution in [3.63, 3.8) is 0 Å². The van der Waals surface area contributed by atoms with Gasteiger partial charge in [0, 0.05) is 12.2 Å². The average Bonchev–Trinajstić information content (AvgIpc) is 2.66. The molecule has 26 heavy (non-hydrogen) atoms. The van der Waals surface area contributed by atoms with Gasteiger partial charge < -0.3 is 10.1 Å². The summed E-state index contributed by atoms with van der Waals surface area (Å²) in [6, 6.07) is 14.2. The van der Waals surface area contributed by atoms with E-state index in [1.807, 2.05) is 6.07 Å². The molecule has 0 atom stereocenters. The van der Waals surface area contributed by atoms with Gasteiger partial charge in [-0.2, -0.15) is 9.57 Å². The number of anilines is 1. The molecule has 0 spiro atoms. The molecule has 2 rings (SSSR count). The number of nitriles is 1. The topological polar surface area (TPSA) is 99.5 Å². The van der Waals surface area contributed by atoms with Gasteiger partial charge in [0.1, 0.15) is 5.75 Å². The first kappa shape index (κ1) is 19.4. The molecule has 1 amide bonds. The summed E-state index contributed by atoms with van der Waals surface area (Å²) in [7, 11) is -2.29. The molecule has 136 valence electrons. The van der Waals surface area contributed by atoms with E-state index in [4.69, 9.17) is 10.00 Å². The molecular weight excluding hydrogens is 354 g/mol. The number of methoxy groups -OCH3 is 1. The molecule has 0 bridgehead atoms. The van der Waals surface area contributed by atoms with E-state index in [2.05, 4.69) is 5.32 Å². The number of carbonyl (C=O) groups excluding carboxylic acids is 1. The number of nitrogens with one attached hydrogen (secondary N) is 1. The van der Waals surface area contributed by atoms with Gasteiger partial charge in [-0.1, -0.05) is 6.92 Å². The van der Waals surface area contributed by atoms with E-state index in [1.165, 1.54) is 24.3 Å². The Labute approximate surface area is 152 Å². The van der Waals surface area contributed by atoms with Crippen molar-refractivity contribution < 1.29 is 17.9 Å². The van der Waals surface area contributed by atoms with Crippen LogP contribution >= 0.6 is 0 Å². The highest BCUT2D eigenvalue weighted by atomic mass is 32.2. The van der Waals surface area contributed by atoms with Crippen molar-refractivity contribution in [1.29, 1.82) is 5.26 Å². The van der Waals surface area contributed by atoms with Crippen molar-refractivity contribution in [3.05, 3.63) is 54.1 Å². The number of benzene rings is 2. The predicted molar refractivity (Wildman–Crippen MR) is 97.2 cm³/mol. The van der Waals surface area contributed by atoms with Gasteiger partial charge in [0.15, 0.2) is 0 Å². The number of hydrogen-bond acceptors (Lipinski definition) is 5. The van der Waals surface area contributed by atoms with Gasteiger partial charge in [-0.3, -0.25) is 4.79 Å². The molecule has 0 saturated heterocycles. The summed E-state index contributed by atoms with van der Waals surface area (Å²) in [5, 5.41) is 11.5. The molecular formula is C18H19N3O4S. The SMILES string of the molecule is CCN(CC(=O)Nc1ccc(OC)cc1)S(=O)(=O)c1ccc(C#N)cc1. The standard InChI is InChI=1S/C18H19N3O4S/c1-3-21(26(23,24)17-10-4-14(12-19)5-11-17)13-18(22)20-15-6-8-16(25-2)9-7-15/h4-11H,3,13H2,1-2H3,(H,20,22). The summed E-state index contributed by atoms with van der Waals surface area (Å²) in [6.07, 6.45) is 0. The Morgan fingerprint density at radius 2 is 1.77 bits per heavy atom. The minimum absolute atomic E-state index is 0.0376. The molecule has 0 unspecified atom stereocenters. The lowest BCUT2D eigenvalue weighted by molar-refractivity contribution is -0.116. The number of nitrogens with zero attached hydrogens (tertiary/aromatic N) is 2. The first-order valence-corrected chi connectivity index (χ1v) is 9.29. The number of rotatable bonds is 7. The minimum atomic E-state index is -3.83. The van der Waals surface area contributed by atoms with Crippen LogP contribution in [0.5, 0.6) is 5.75 Å². The van der Waals surface area contributed by atoms with Crippen LogP contribution in [-0.4, -0.2) is 38.8 Å². The van der Waals surface area contributed by atoms with Gasteiger partial charge in [0.05, 0.1) is 30.2 Å². The molecule has 0 heterocycles. The number of ether oxygens (including phenoxy) is 1. The van der Waals surface area contributed by atoms with E-state index in [-0.39, 0.29) is 18.0 Å². The lowest BCUT2D eigenvalue weighted by atomic mass is 10.2. The van der Waals surface area contributed by atoms with Gasteiger partial charge in [0.2, 0.25) is 15.9 Å². The second-order valence-electron chi connectivity index (χ2n) is 5.34. The van der Waals surface area contributed by atoms with Crippen molar-refractivity contribution >= 4 is 21.6 Å². The van der Waals surface area contributed by atoms with Gasteiger partial charge in [0.25, 0.3) is 0 Å². The second-order valence-corrected chi connectivity index (χ2v) is 7.28. The zero-order valence-corrected chi connectivity index (χ0v) is 15.3. The zero-order chi connectivity index (χ0) is 19.2. The highest BCUT2D eigenvalue weighted by Gasteiger charge is 2.25. The number of hydrogen-bond donors (Lipinski definition) is 1. The Bertz CT molecular complexity index is 901. The summed E-state index contributed by atoms with van der Waals surface area (Å²) in [5.74, 6) is 0.204. The van der Waals surface area contributed by atoms with Crippen LogP contribution in [0.25, 0.3) is 0 Å². The highest BCUT2D eigenvalue weighted by Crippen LogP contribution is 2.18. The maximum Gasteiger partial charge on any atom is 0.243 e. The monoisotopic (exact) mass is 373 g/mol. The fourth-order valence-electron chi connectivity index (χ4n) is 2.25. The number of likely N-dealkylation sites (N-methyl/N-ethyl adjacent to an activating group) is 1. The Balaban J connectivity index is 2.10. The second kappa shape index (κ2) is 8.47. The van der Waals surface area contributed by atoms with Crippen molar-refractivity contribution in [3.8, 4) is 11.8 Å². The maximum absolute atomic E-state index is 12.7. The third-order valence-electron chi connectivity index (χ3n) is 3.67. The Hall–Kier alpha value is -2.89. The number of carbonyl (C=O) groups is 1. The van der Waals surface area contributed by atoms with Crippen LogP contribution in [0.1, 0.15) is 12.5 Å². The molecule has 0 saturated carbocycles. The molecule has 0 aromatic heterocycles. The molecule has 0 aliphatic carbocycles. The van der Waals surface area contributed by atoms with E-state index in [9.17, 15) is 13.2 Å². The fourth-order valence-corrected chi connectivity index (χ4v) is 3.66. The molecule has 8 heteroatoms. The van der Waals surface area contributed by atoms with Gasteiger partial charge >= 0.3 is 0 Å². The molecule has 0 radical (unpaired) electrons. The van der Waals surface area contributed by atoms with Crippen molar-refractivity contribution in [2.45, 2.75) is 11.8 Å². The summed E-state index contributed by atoms with van der Waals surface area (Å²) >= 11 is 0. The van der Waals surface area contributed by atoms with Crippen molar-refractivity contribution in [2.75, 3.05) is 25.5 Å². The summed E-state index contributed by atoms with van der Waals surface area (Å²) in [6.45, 7) is 1.48. The predicted octanol–water partition coefficient (Wildman–Crippen LogP) is 2.22. The summed E-state index contributed by atoms with van der Waals surface area (Å²) < 4.78 is 31.5. The van der Waals surface area contributed by atoms with Gasteiger partial charge in [-0.25, -0.2) is 8.42 Å². The molecule has 0 fully saturated rings. The Morgan fingerprint density at radius 1 is 1.15 bits per heavy atom. The van der Waals surface area contributed by atoms with Crippen molar-refractivity contribution in [2.24, 2.45) is 0 Å². The van der Waals surface area contributed by atoms with Gasteiger partial charge in [-0.05, 0) is 48.5 Å². The first-order valence-electron chi connectivity index (χ1n) is 7.85. The van der Waals surface area contributed by atoms with Crippen LogP contribution in [0, 0.1) is 11.3 Å². The van der Waals surface area contributed by atoms with Gasteiger partial charge in [-0.15, -0.1) is 0 Å². The van der Waals surface area contributed by atoms with E-state index in [0.29, 0.717) is 17.0 Å². The van der Waals surface area contributed by atoms with Crippen LogP contribution in [0.4, 0.5) is 5.69 Å². The normalized spacial score (nSPS) is 11.0. The van der Waals surface area contributed by atoms with E-state index < -0.39 is 15.9 Å².